The van der Waals surface area contributed by atoms with E-state index in [1.807, 2.05) is 6.07 Å². The van der Waals surface area contributed by atoms with Gasteiger partial charge in [0.15, 0.2) is 6.61 Å². The highest BCUT2D eigenvalue weighted by Crippen LogP contribution is 2.29. The van der Waals surface area contributed by atoms with Crippen molar-refractivity contribution < 1.29 is 27.5 Å². The Morgan fingerprint density at radius 1 is 1.11 bits per heavy atom. The average Bonchev–Trinajstić information content (AvgIpc) is 3.03. The summed E-state index contributed by atoms with van der Waals surface area (Å²) in [7, 11) is 0. The molecule has 1 heterocycles. The van der Waals surface area contributed by atoms with Crippen LogP contribution in [0.25, 0.3) is 0 Å². The van der Waals surface area contributed by atoms with Gasteiger partial charge in [0.2, 0.25) is 11.8 Å². The molecule has 27 heavy (non-hydrogen) atoms. The lowest BCUT2D eigenvalue weighted by molar-refractivity contribution is -0.153. The Kier molecular flexibility index (Phi) is 5.34. The molecule has 0 radical (unpaired) electrons. The Bertz CT molecular complexity index is 824. The van der Waals surface area contributed by atoms with Crippen molar-refractivity contribution in [3.05, 3.63) is 54.6 Å². The summed E-state index contributed by atoms with van der Waals surface area (Å²) in [5, 5.41) is 2.57. The maximum absolute atomic E-state index is 12.5. The number of amides is 2. The van der Waals surface area contributed by atoms with Crippen LogP contribution in [0.3, 0.4) is 0 Å². The fourth-order valence-electron chi connectivity index (χ4n) is 2.83. The van der Waals surface area contributed by atoms with Crippen molar-refractivity contribution in [1.29, 1.82) is 0 Å². The van der Waals surface area contributed by atoms with E-state index in [4.69, 9.17) is 4.74 Å². The molecule has 2 aromatic rings. The summed E-state index contributed by atoms with van der Waals surface area (Å²) in [6.07, 6.45) is -4.45. The fourth-order valence-corrected chi connectivity index (χ4v) is 2.83. The van der Waals surface area contributed by atoms with Gasteiger partial charge in [-0.15, -0.1) is 0 Å². The molecule has 1 N–H and O–H groups in total. The van der Waals surface area contributed by atoms with E-state index in [-0.39, 0.29) is 30.3 Å². The number of para-hydroxylation sites is 3. The first kappa shape index (κ1) is 18.8. The molecule has 2 amide bonds. The summed E-state index contributed by atoms with van der Waals surface area (Å²) in [4.78, 5) is 26.3. The van der Waals surface area contributed by atoms with Crippen molar-refractivity contribution in [1.82, 2.24) is 0 Å². The highest BCUT2D eigenvalue weighted by atomic mass is 19.4. The van der Waals surface area contributed by atoms with Crippen LogP contribution in [-0.4, -0.2) is 31.1 Å². The molecule has 1 saturated heterocycles. The topological polar surface area (TPSA) is 58.6 Å². The van der Waals surface area contributed by atoms with Gasteiger partial charge in [-0.05, 0) is 24.3 Å². The van der Waals surface area contributed by atoms with Crippen molar-refractivity contribution >= 4 is 23.2 Å². The number of ether oxygens (including phenoxy) is 1. The van der Waals surface area contributed by atoms with E-state index in [9.17, 15) is 22.8 Å². The monoisotopic (exact) mass is 378 g/mol. The number of rotatable bonds is 5. The molecule has 142 valence electrons. The third-order valence-corrected chi connectivity index (χ3v) is 4.10. The SMILES string of the molecule is O=C(Nc1ccccc1OCC(F)(F)F)C1CC(=O)N(c2ccccc2)C1. The number of hydrogen-bond donors (Lipinski definition) is 1. The van der Waals surface area contributed by atoms with Gasteiger partial charge >= 0.3 is 6.18 Å². The van der Waals surface area contributed by atoms with Crippen LogP contribution >= 0.6 is 0 Å². The van der Waals surface area contributed by atoms with Gasteiger partial charge in [0, 0.05) is 18.7 Å². The van der Waals surface area contributed by atoms with Crippen LogP contribution in [0.1, 0.15) is 6.42 Å². The van der Waals surface area contributed by atoms with Crippen molar-refractivity contribution in [2.24, 2.45) is 5.92 Å². The van der Waals surface area contributed by atoms with E-state index < -0.39 is 24.6 Å². The molecule has 1 unspecified atom stereocenters. The molecule has 1 aliphatic rings. The van der Waals surface area contributed by atoms with E-state index in [1.54, 1.807) is 30.3 Å². The largest absolute Gasteiger partial charge is 0.482 e. The van der Waals surface area contributed by atoms with E-state index in [0.717, 1.165) is 0 Å². The molecule has 5 nitrogen and oxygen atoms in total. The number of carbonyl (C=O) groups is 2. The van der Waals surface area contributed by atoms with Crippen LogP contribution < -0.4 is 15.0 Å². The molecule has 1 fully saturated rings. The Hall–Kier alpha value is -3.03. The van der Waals surface area contributed by atoms with E-state index >= 15 is 0 Å². The zero-order valence-corrected chi connectivity index (χ0v) is 14.2. The Balaban J connectivity index is 1.67. The van der Waals surface area contributed by atoms with Crippen molar-refractivity contribution in [2.45, 2.75) is 12.6 Å². The molecule has 0 aromatic heterocycles. The Morgan fingerprint density at radius 2 is 1.78 bits per heavy atom. The molecule has 8 heteroatoms. The molecular weight excluding hydrogens is 361 g/mol. The second kappa shape index (κ2) is 7.69. The molecule has 3 rings (SSSR count). The Morgan fingerprint density at radius 3 is 2.48 bits per heavy atom. The van der Waals surface area contributed by atoms with E-state index in [0.29, 0.717) is 5.69 Å². The van der Waals surface area contributed by atoms with Gasteiger partial charge in [0.1, 0.15) is 5.75 Å². The van der Waals surface area contributed by atoms with Gasteiger partial charge in [0.25, 0.3) is 0 Å². The summed E-state index contributed by atoms with van der Waals surface area (Å²) < 4.78 is 41.9. The first-order chi connectivity index (χ1) is 12.8. The Labute approximate surface area is 153 Å². The van der Waals surface area contributed by atoms with Gasteiger partial charge in [-0.2, -0.15) is 13.2 Å². The second-order valence-corrected chi connectivity index (χ2v) is 6.13. The van der Waals surface area contributed by atoms with Gasteiger partial charge in [-0.25, -0.2) is 0 Å². The normalized spacial score (nSPS) is 17.1. The van der Waals surface area contributed by atoms with Crippen LogP contribution in [0, 0.1) is 5.92 Å². The minimum Gasteiger partial charge on any atom is -0.482 e. The van der Waals surface area contributed by atoms with Gasteiger partial charge in [-0.1, -0.05) is 30.3 Å². The number of hydrogen-bond acceptors (Lipinski definition) is 3. The average molecular weight is 378 g/mol. The van der Waals surface area contributed by atoms with Gasteiger partial charge in [-0.3, -0.25) is 9.59 Å². The van der Waals surface area contributed by atoms with Crippen molar-refractivity contribution in [3.8, 4) is 5.75 Å². The lowest BCUT2D eigenvalue weighted by atomic mass is 10.1. The van der Waals surface area contributed by atoms with Crippen molar-refractivity contribution in [3.63, 3.8) is 0 Å². The maximum atomic E-state index is 12.5. The number of carbonyl (C=O) groups excluding carboxylic acids is 2. The molecular formula is C19H17F3N2O3. The molecule has 0 spiro atoms. The number of nitrogens with one attached hydrogen (secondary N) is 1. The molecule has 2 aromatic carbocycles. The lowest BCUT2D eigenvalue weighted by Crippen LogP contribution is -2.28. The molecule has 0 saturated carbocycles. The number of nitrogens with zero attached hydrogens (tertiary/aromatic N) is 1. The predicted octanol–water partition coefficient (Wildman–Crippen LogP) is 3.62. The third kappa shape index (κ3) is 4.78. The number of halogens is 3. The first-order valence-electron chi connectivity index (χ1n) is 8.28. The van der Waals surface area contributed by atoms with E-state index in [2.05, 4.69) is 5.32 Å². The summed E-state index contributed by atoms with van der Waals surface area (Å²) in [5.41, 5.74) is 0.837. The highest BCUT2D eigenvalue weighted by Gasteiger charge is 2.35. The number of alkyl halides is 3. The zero-order chi connectivity index (χ0) is 19.4. The summed E-state index contributed by atoms with van der Waals surface area (Å²) in [6.45, 7) is -1.25. The van der Waals surface area contributed by atoms with E-state index in [1.165, 1.54) is 23.1 Å². The summed E-state index contributed by atoms with van der Waals surface area (Å²) >= 11 is 0. The smallest absolute Gasteiger partial charge is 0.422 e. The fraction of sp³-hybridized carbons (Fsp3) is 0.263. The standard InChI is InChI=1S/C19H17F3N2O3/c20-19(21,22)12-27-16-9-5-4-8-15(16)23-18(26)13-10-17(25)24(11-13)14-6-2-1-3-7-14/h1-9,13H,10-12H2,(H,23,26). The molecule has 0 bridgehead atoms. The molecule has 0 aliphatic carbocycles. The lowest BCUT2D eigenvalue weighted by Gasteiger charge is -2.17. The summed E-state index contributed by atoms with van der Waals surface area (Å²) in [6, 6.07) is 14.9. The maximum Gasteiger partial charge on any atom is 0.422 e. The first-order valence-corrected chi connectivity index (χ1v) is 8.28. The van der Waals surface area contributed by atoms with Crippen LogP contribution in [-0.2, 0) is 9.59 Å². The van der Waals surface area contributed by atoms with Crippen LogP contribution in [0.15, 0.2) is 54.6 Å². The van der Waals surface area contributed by atoms with Crippen LogP contribution in [0.2, 0.25) is 0 Å². The highest BCUT2D eigenvalue weighted by molar-refractivity contribution is 6.03. The van der Waals surface area contributed by atoms with Crippen LogP contribution in [0.5, 0.6) is 5.75 Å². The summed E-state index contributed by atoms with van der Waals surface area (Å²) in [5.74, 6) is -1.30. The quantitative estimate of drug-likeness (QED) is 0.865. The molecule has 1 atom stereocenters. The van der Waals surface area contributed by atoms with Gasteiger partial charge < -0.3 is 15.0 Å². The predicted molar refractivity (Wildman–Crippen MR) is 93.5 cm³/mol. The third-order valence-electron chi connectivity index (χ3n) is 4.10. The zero-order valence-electron chi connectivity index (χ0n) is 14.2. The minimum atomic E-state index is -4.48. The van der Waals surface area contributed by atoms with Crippen LogP contribution in [0.4, 0.5) is 24.5 Å². The number of anilines is 2. The second-order valence-electron chi connectivity index (χ2n) is 6.13. The van der Waals surface area contributed by atoms with Gasteiger partial charge in [0.05, 0.1) is 11.6 Å². The minimum absolute atomic E-state index is 0.0340. The molecule has 1 aliphatic heterocycles. The van der Waals surface area contributed by atoms with Crippen molar-refractivity contribution in [2.75, 3.05) is 23.4 Å². The number of benzene rings is 2.